The predicted molar refractivity (Wildman–Crippen MR) is 73.5 cm³/mol. The molecule has 18 heavy (non-hydrogen) atoms. The van der Waals surface area contributed by atoms with Gasteiger partial charge >= 0.3 is 0 Å². The molecule has 0 bridgehead atoms. The van der Waals surface area contributed by atoms with E-state index in [0.29, 0.717) is 5.92 Å². The molecule has 104 valence electrons. The molecular formula is C14H26N2O2. The van der Waals surface area contributed by atoms with Gasteiger partial charge in [-0.05, 0) is 19.0 Å². The van der Waals surface area contributed by atoms with Crippen LogP contribution in [0.2, 0.25) is 0 Å². The van der Waals surface area contributed by atoms with Crippen molar-refractivity contribution in [1.82, 2.24) is 10.2 Å². The van der Waals surface area contributed by atoms with E-state index in [-0.39, 0.29) is 0 Å². The molecule has 0 atom stereocenters. The number of hydrogen-bond acceptors (Lipinski definition) is 4. The van der Waals surface area contributed by atoms with Gasteiger partial charge in [0, 0.05) is 32.3 Å². The molecular weight excluding hydrogens is 228 g/mol. The minimum atomic E-state index is 0.647. The smallest absolute Gasteiger partial charge is 0.118 e. The number of hydrogen-bond donors (Lipinski definition) is 1. The Balaban J connectivity index is 2.51. The van der Waals surface area contributed by atoms with Crippen molar-refractivity contribution in [2.24, 2.45) is 5.92 Å². The molecule has 1 aromatic heterocycles. The summed E-state index contributed by atoms with van der Waals surface area (Å²) in [6.45, 7) is 8.93. The van der Waals surface area contributed by atoms with Crippen molar-refractivity contribution in [1.29, 1.82) is 0 Å². The van der Waals surface area contributed by atoms with Crippen LogP contribution in [0.15, 0.2) is 16.7 Å². The molecule has 0 aliphatic carbocycles. The summed E-state index contributed by atoms with van der Waals surface area (Å²) in [5.74, 6) is 1.67. The fourth-order valence-electron chi connectivity index (χ4n) is 2.00. The van der Waals surface area contributed by atoms with E-state index in [9.17, 15) is 0 Å². The van der Waals surface area contributed by atoms with Crippen LogP contribution in [-0.4, -0.2) is 38.8 Å². The molecule has 1 aromatic rings. The molecule has 0 aliphatic rings. The van der Waals surface area contributed by atoms with E-state index in [0.717, 1.165) is 38.5 Å². The second kappa shape index (κ2) is 8.29. The summed E-state index contributed by atoms with van der Waals surface area (Å²) < 4.78 is 10.7. The largest absolute Gasteiger partial charge is 0.468 e. The van der Waals surface area contributed by atoms with Crippen LogP contribution in [0.1, 0.15) is 25.2 Å². The molecule has 0 spiro atoms. The third kappa shape index (κ3) is 5.67. The lowest BCUT2D eigenvalue weighted by Crippen LogP contribution is -2.30. The molecule has 0 unspecified atom stereocenters. The first-order valence-electron chi connectivity index (χ1n) is 6.58. The Hall–Kier alpha value is -0.840. The fraction of sp³-hybridized carbons (Fsp3) is 0.714. The van der Waals surface area contributed by atoms with Gasteiger partial charge in [0.2, 0.25) is 0 Å². The molecule has 1 heterocycles. The number of rotatable bonds is 9. The van der Waals surface area contributed by atoms with E-state index < -0.39 is 0 Å². The number of nitrogens with one attached hydrogen (secondary N) is 1. The fourth-order valence-corrected chi connectivity index (χ4v) is 2.00. The van der Waals surface area contributed by atoms with Gasteiger partial charge in [-0.2, -0.15) is 0 Å². The van der Waals surface area contributed by atoms with Gasteiger partial charge in [-0.1, -0.05) is 13.8 Å². The lowest BCUT2D eigenvalue weighted by molar-refractivity contribution is 0.131. The molecule has 0 fully saturated rings. The molecule has 1 N–H and O–H groups in total. The standard InChI is InChI=1S/C14H26N2O2/c1-12(2)9-16(5-6-17-4)10-14-7-13(8-15-3)11-18-14/h7,11-12,15H,5-6,8-10H2,1-4H3. The summed E-state index contributed by atoms with van der Waals surface area (Å²) in [5.41, 5.74) is 1.20. The van der Waals surface area contributed by atoms with Crippen LogP contribution >= 0.6 is 0 Å². The number of ether oxygens (including phenoxy) is 1. The first-order valence-corrected chi connectivity index (χ1v) is 6.58. The Bertz CT molecular complexity index is 323. The van der Waals surface area contributed by atoms with E-state index in [1.807, 2.05) is 13.3 Å². The molecule has 0 saturated carbocycles. The molecule has 0 radical (unpaired) electrons. The molecule has 0 saturated heterocycles. The van der Waals surface area contributed by atoms with Crippen LogP contribution in [-0.2, 0) is 17.8 Å². The normalized spacial score (nSPS) is 11.7. The summed E-state index contributed by atoms with van der Waals surface area (Å²) in [7, 11) is 3.68. The van der Waals surface area contributed by atoms with Gasteiger partial charge in [0.05, 0.1) is 19.4 Å². The highest BCUT2D eigenvalue weighted by Crippen LogP contribution is 2.11. The van der Waals surface area contributed by atoms with Gasteiger partial charge < -0.3 is 14.5 Å². The van der Waals surface area contributed by atoms with Crippen molar-refractivity contribution in [2.45, 2.75) is 26.9 Å². The zero-order valence-corrected chi connectivity index (χ0v) is 12.0. The van der Waals surface area contributed by atoms with E-state index in [1.165, 1.54) is 5.56 Å². The quantitative estimate of drug-likeness (QED) is 0.732. The molecule has 0 aromatic carbocycles. The van der Waals surface area contributed by atoms with Crippen LogP contribution in [0.25, 0.3) is 0 Å². The maximum Gasteiger partial charge on any atom is 0.118 e. The van der Waals surface area contributed by atoms with E-state index in [1.54, 1.807) is 7.11 Å². The van der Waals surface area contributed by atoms with Gasteiger partial charge in [-0.3, -0.25) is 4.90 Å². The monoisotopic (exact) mass is 254 g/mol. The lowest BCUT2D eigenvalue weighted by atomic mass is 10.2. The Kier molecular flexibility index (Phi) is 7.01. The highest BCUT2D eigenvalue weighted by molar-refractivity contribution is 5.12. The van der Waals surface area contributed by atoms with Crippen molar-refractivity contribution >= 4 is 0 Å². The molecule has 1 rings (SSSR count). The maximum absolute atomic E-state index is 5.59. The summed E-state index contributed by atoms with van der Waals surface area (Å²) in [6.07, 6.45) is 1.83. The highest BCUT2D eigenvalue weighted by atomic mass is 16.5. The summed E-state index contributed by atoms with van der Waals surface area (Å²) >= 11 is 0. The van der Waals surface area contributed by atoms with Crippen LogP contribution in [0, 0.1) is 5.92 Å². The first-order chi connectivity index (χ1) is 8.65. The van der Waals surface area contributed by atoms with Crippen molar-refractivity contribution in [3.8, 4) is 0 Å². The second-order valence-electron chi connectivity index (χ2n) is 5.07. The Labute approximate surface area is 110 Å². The van der Waals surface area contributed by atoms with Gasteiger partial charge in [-0.25, -0.2) is 0 Å². The van der Waals surface area contributed by atoms with Crippen LogP contribution in [0.4, 0.5) is 0 Å². The molecule has 0 aliphatic heterocycles. The van der Waals surface area contributed by atoms with Crippen molar-refractivity contribution in [3.63, 3.8) is 0 Å². The zero-order valence-electron chi connectivity index (χ0n) is 12.0. The average molecular weight is 254 g/mol. The third-order valence-corrected chi connectivity index (χ3v) is 2.70. The Morgan fingerprint density at radius 1 is 1.44 bits per heavy atom. The van der Waals surface area contributed by atoms with Gasteiger partial charge in [0.25, 0.3) is 0 Å². The number of furan rings is 1. The van der Waals surface area contributed by atoms with Crippen LogP contribution in [0.3, 0.4) is 0 Å². The van der Waals surface area contributed by atoms with Crippen LogP contribution in [0.5, 0.6) is 0 Å². The predicted octanol–water partition coefficient (Wildman–Crippen LogP) is 2.10. The maximum atomic E-state index is 5.59. The SMILES string of the molecule is CNCc1coc(CN(CCOC)CC(C)C)c1. The minimum Gasteiger partial charge on any atom is -0.468 e. The topological polar surface area (TPSA) is 37.6 Å². The summed E-state index contributed by atoms with van der Waals surface area (Å²) in [6, 6.07) is 2.12. The highest BCUT2D eigenvalue weighted by Gasteiger charge is 2.10. The van der Waals surface area contributed by atoms with Crippen molar-refractivity contribution < 1.29 is 9.15 Å². The average Bonchev–Trinajstić information content (AvgIpc) is 2.73. The van der Waals surface area contributed by atoms with Gasteiger partial charge in [-0.15, -0.1) is 0 Å². The lowest BCUT2D eigenvalue weighted by Gasteiger charge is -2.22. The summed E-state index contributed by atoms with van der Waals surface area (Å²) in [5, 5.41) is 3.12. The van der Waals surface area contributed by atoms with Crippen molar-refractivity contribution in [2.75, 3.05) is 33.9 Å². The number of methoxy groups -OCH3 is 1. The minimum absolute atomic E-state index is 0.647. The van der Waals surface area contributed by atoms with Gasteiger partial charge in [0.1, 0.15) is 5.76 Å². The Morgan fingerprint density at radius 3 is 2.83 bits per heavy atom. The second-order valence-corrected chi connectivity index (χ2v) is 5.07. The Morgan fingerprint density at radius 2 is 2.22 bits per heavy atom. The van der Waals surface area contributed by atoms with Crippen LogP contribution < -0.4 is 5.32 Å². The zero-order chi connectivity index (χ0) is 13.4. The third-order valence-electron chi connectivity index (χ3n) is 2.70. The summed E-state index contributed by atoms with van der Waals surface area (Å²) in [4.78, 5) is 2.37. The molecule has 4 nitrogen and oxygen atoms in total. The first kappa shape index (κ1) is 15.2. The molecule has 0 amide bonds. The van der Waals surface area contributed by atoms with Crippen molar-refractivity contribution in [3.05, 3.63) is 23.7 Å². The van der Waals surface area contributed by atoms with Gasteiger partial charge in [0.15, 0.2) is 0 Å². The van der Waals surface area contributed by atoms with E-state index in [4.69, 9.17) is 9.15 Å². The number of nitrogens with zero attached hydrogens (tertiary/aromatic N) is 1. The molecule has 4 heteroatoms. The van der Waals surface area contributed by atoms with E-state index >= 15 is 0 Å². The van der Waals surface area contributed by atoms with E-state index in [2.05, 4.69) is 30.1 Å².